The smallest absolute Gasteiger partial charge is 0.377 e. The highest BCUT2D eigenvalue weighted by atomic mass is 19.4. The van der Waals surface area contributed by atoms with Gasteiger partial charge in [-0.3, -0.25) is 4.79 Å². The molecule has 0 spiro atoms. The second-order valence-electron chi connectivity index (χ2n) is 5.97. The summed E-state index contributed by atoms with van der Waals surface area (Å²) in [6.07, 6.45) is -4.39. The van der Waals surface area contributed by atoms with E-state index in [1.807, 2.05) is 0 Å². The number of halogens is 3. The summed E-state index contributed by atoms with van der Waals surface area (Å²) in [7, 11) is 1.48. The summed E-state index contributed by atoms with van der Waals surface area (Å²) in [6.45, 7) is 3.60. The quantitative estimate of drug-likeness (QED) is 0.770. The van der Waals surface area contributed by atoms with Crippen molar-refractivity contribution in [1.82, 2.24) is 19.7 Å². The number of aryl methyl sites for hydroxylation is 1. The van der Waals surface area contributed by atoms with E-state index in [4.69, 9.17) is 4.74 Å². The summed E-state index contributed by atoms with van der Waals surface area (Å²) >= 11 is 0. The van der Waals surface area contributed by atoms with Crippen LogP contribution in [0.2, 0.25) is 0 Å². The van der Waals surface area contributed by atoms with Gasteiger partial charge in [-0.25, -0.2) is 9.67 Å². The van der Waals surface area contributed by atoms with Crippen LogP contribution in [-0.2, 0) is 17.5 Å². The van der Waals surface area contributed by atoms with E-state index in [1.54, 1.807) is 18.5 Å². The lowest BCUT2D eigenvalue weighted by molar-refractivity contribution is -0.137. The third-order valence-electron chi connectivity index (χ3n) is 4.15. The Balaban J connectivity index is 2.08. The van der Waals surface area contributed by atoms with Gasteiger partial charge in [0, 0.05) is 7.11 Å². The molecule has 0 saturated carbocycles. The number of hydrogen-bond acceptors (Lipinski definition) is 4. The van der Waals surface area contributed by atoms with E-state index in [9.17, 15) is 18.0 Å². The normalized spacial score (nSPS) is 13.3. The number of benzene rings is 1. The van der Waals surface area contributed by atoms with Gasteiger partial charge in [-0.15, -0.1) is 0 Å². The highest BCUT2D eigenvalue weighted by Crippen LogP contribution is 2.31. The Bertz CT molecular complexity index is 990. The minimum atomic E-state index is -4.39. The van der Waals surface area contributed by atoms with Crippen molar-refractivity contribution in [2.75, 3.05) is 7.11 Å². The van der Waals surface area contributed by atoms with E-state index >= 15 is 0 Å². The third-order valence-corrected chi connectivity index (χ3v) is 4.15. The van der Waals surface area contributed by atoms with Crippen molar-refractivity contribution in [2.24, 2.45) is 0 Å². The topological polar surface area (TPSA) is 72.8 Å². The third kappa shape index (κ3) is 3.22. The molecule has 0 radical (unpaired) electrons. The van der Waals surface area contributed by atoms with Crippen LogP contribution < -0.4 is 5.56 Å². The van der Waals surface area contributed by atoms with E-state index in [0.717, 1.165) is 12.1 Å². The van der Waals surface area contributed by atoms with Crippen LogP contribution in [0.1, 0.15) is 35.6 Å². The van der Waals surface area contributed by atoms with Gasteiger partial charge in [-0.1, -0.05) is 12.1 Å². The Morgan fingerprint density at radius 2 is 1.92 bits per heavy atom. The molecule has 3 rings (SSSR count). The predicted molar refractivity (Wildman–Crippen MR) is 88.9 cm³/mol. The first-order valence-corrected chi connectivity index (χ1v) is 7.86. The molecule has 2 heterocycles. The Morgan fingerprint density at radius 3 is 2.50 bits per heavy atom. The molecular weight excluding hydrogens is 349 g/mol. The molecule has 0 aliphatic carbocycles. The molecule has 6 nitrogen and oxygen atoms in total. The Hall–Kier alpha value is -2.68. The van der Waals surface area contributed by atoms with Crippen LogP contribution in [0.15, 0.2) is 29.1 Å². The summed E-state index contributed by atoms with van der Waals surface area (Å²) in [5, 5.41) is 4.72. The molecule has 1 atom stereocenters. The lowest BCUT2D eigenvalue weighted by Gasteiger charge is -2.15. The van der Waals surface area contributed by atoms with Crippen molar-refractivity contribution in [3.63, 3.8) is 0 Å². The summed E-state index contributed by atoms with van der Waals surface area (Å²) in [5.74, 6) is 0.353. The fourth-order valence-corrected chi connectivity index (χ4v) is 2.82. The van der Waals surface area contributed by atoms with Crippen LogP contribution in [0.25, 0.3) is 11.0 Å². The number of hydrogen-bond donors (Lipinski definition) is 1. The molecular formula is C17H17F3N4O2. The van der Waals surface area contributed by atoms with Crippen LogP contribution >= 0.6 is 0 Å². The van der Waals surface area contributed by atoms with Gasteiger partial charge >= 0.3 is 6.18 Å². The first kappa shape index (κ1) is 18.1. The van der Waals surface area contributed by atoms with Gasteiger partial charge in [0.25, 0.3) is 5.56 Å². The van der Waals surface area contributed by atoms with Crippen molar-refractivity contribution in [3.8, 4) is 0 Å². The standard InChI is InChI=1S/C17H17F3N4O2/c1-9-14-15(21-13(8-26-3)22-16(14)25)24(23-9)10(2)11-4-6-12(7-5-11)17(18,19)20/h4-7,10H,8H2,1-3H3,(H,21,22,25). The van der Waals surface area contributed by atoms with Gasteiger partial charge in [0.15, 0.2) is 5.65 Å². The number of rotatable bonds is 4. The molecule has 1 unspecified atom stereocenters. The minimum Gasteiger partial charge on any atom is -0.377 e. The van der Waals surface area contributed by atoms with Crippen LogP contribution in [0, 0.1) is 6.92 Å². The van der Waals surface area contributed by atoms with Gasteiger partial charge in [0.2, 0.25) is 0 Å². The number of fused-ring (bicyclic) bond motifs is 1. The van der Waals surface area contributed by atoms with Crippen molar-refractivity contribution < 1.29 is 17.9 Å². The molecule has 0 bridgehead atoms. The number of nitrogens with zero attached hydrogens (tertiary/aromatic N) is 3. The average molecular weight is 366 g/mol. The highest BCUT2D eigenvalue weighted by Gasteiger charge is 2.30. The van der Waals surface area contributed by atoms with Gasteiger partial charge in [0.05, 0.1) is 17.3 Å². The number of aromatic nitrogens is 4. The Labute approximate surface area is 146 Å². The summed E-state index contributed by atoms with van der Waals surface area (Å²) in [5.41, 5.74) is 0.442. The lowest BCUT2D eigenvalue weighted by atomic mass is 10.1. The molecule has 9 heteroatoms. The SMILES string of the molecule is COCc1nc2c(c(C)nn2C(C)c2ccc(C(F)(F)F)cc2)c(=O)[nH]1. The fraction of sp³-hybridized carbons (Fsp3) is 0.353. The number of aromatic amines is 1. The molecule has 0 aliphatic heterocycles. The second kappa shape index (κ2) is 6.56. The Morgan fingerprint density at radius 1 is 1.27 bits per heavy atom. The van der Waals surface area contributed by atoms with Gasteiger partial charge in [0.1, 0.15) is 17.8 Å². The number of alkyl halides is 3. The molecule has 138 valence electrons. The zero-order valence-corrected chi connectivity index (χ0v) is 14.4. The molecule has 0 amide bonds. The second-order valence-corrected chi connectivity index (χ2v) is 5.97. The highest BCUT2D eigenvalue weighted by molar-refractivity contribution is 5.77. The van der Waals surface area contributed by atoms with Crippen LogP contribution in [-0.4, -0.2) is 26.9 Å². The summed E-state index contributed by atoms with van der Waals surface area (Å²) in [4.78, 5) is 19.3. The van der Waals surface area contributed by atoms with E-state index in [2.05, 4.69) is 15.1 Å². The number of methoxy groups -OCH3 is 1. The summed E-state index contributed by atoms with van der Waals surface area (Å²) < 4.78 is 44.8. The molecule has 0 fully saturated rings. The van der Waals surface area contributed by atoms with Crippen molar-refractivity contribution >= 4 is 11.0 Å². The maximum atomic E-state index is 12.7. The minimum absolute atomic E-state index is 0.129. The Kier molecular flexibility index (Phi) is 4.57. The molecule has 1 aromatic carbocycles. The molecule has 0 saturated heterocycles. The molecule has 2 aromatic heterocycles. The first-order valence-electron chi connectivity index (χ1n) is 7.86. The molecule has 3 aromatic rings. The molecule has 0 aliphatic rings. The van der Waals surface area contributed by atoms with Crippen LogP contribution in [0.5, 0.6) is 0 Å². The van der Waals surface area contributed by atoms with E-state index in [1.165, 1.54) is 19.2 Å². The van der Waals surface area contributed by atoms with Crippen molar-refractivity contribution in [2.45, 2.75) is 32.7 Å². The maximum Gasteiger partial charge on any atom is 0.416 e. The zero-order valence-electron chi connectivity index (χ0n) is 14.4. The van der Waals surface area contributed by atoms with E-state index in [0.29, 0.717) is 28.1 Å². The largest absolute Gasteiger partial charge is 0.416 e. The van der Waals surface area contributed by atoms with Gasteiger partial charge < -0.3 is 9.72 Å². The average Bonchev–Trinajstić information content (AvgIpc) is 2.91. The number of H-pyrrole nitrogens is 1. The first-order chi connectivity index (χ1) is 12.2. The fourth-order valence-electron chi connectivity index (χ4n) is 2.82. The summed E-state index contributed by atoms with van der Waals surface area (Å²) in [6, 6.07) is 4.46. The van der Waals surface area contributed by atoms with Crippen LogP contribution in [0.4, 0.5) is 13.2 Å². The molecule has 26 heavy (non-hydrogen) atoms. The maximum absolute atomic E-state index is 12.7. The number of ether oxygens (including phenoxy) is 1. The van der Waals surface area contributed by atoms with E-state index < -0.39 is 17.8 Å². The zero-order chi connectivity index (χ0) is 19.1. The lowest BCUT2D eigenvalue weighted by Crippen LogP contribution is -2.15. The monoisotopic (exact) mass is 366 g/mol. The van der Waals surface area contributed by atoms with Crippen molar-refractivity contribution in [1.29, 1.82) is 0 Å². The predicted octanol–water partition coefficient (Wildman–Crippen LogP) is 3.20. The van der Waals surface area contributed by atoms with Crippen LogP contribution in [0.3, 0.4) is 0 Å². The van der Waals surface area contributed by atoms with Gasteiger partial charge in [-0.05, 0) is 31.5 Å². The number of nitrogens with one attached hydrogen (secondary N) is 1. The van der Waals surface area contributed by atoms with Gasteiger partial charge in [-0.2, -0.15) is 18.3 Å². The van der Waals surface area contributed by atoms with Crippen molar-refractivity contribution in [3.05, 3.63) is 57.3 Å². The molecule has 1 N–H and O–H groups in total. The van der Waals surface area contributed by atoms with E-state index in [-0.39, 0.29) is 12.2 Å².